The molecule has 0 aliphatic rings. The molecule has 138 valence electrons. The summed E-state index contributed by atoms with van der Waals surface area (Å²) in [4.78, 5) is 35.8. The van der Waals surface area contributed by atoms with E-state index in [2.05, 4.69) is 5.32 Å². The fourth-order valence-electron chi connectivity index (χ4n) is 3.29. The molecule has 1 aromatic heterocycles. The van der Waals surface area contributed by atoms with E-state index >= 15 is 0 Å². The molecular formula is C21H15N3O4. The molecule has 0 spiro atoms. The molecule has 1 N–H and O–H groups in total. The van der Waals surface area contributed by atoms with Crippen LogP contribution in [0.15, 0.2) is 77.6 Å². The molecule has 0 atom stereocenters. The number of pyridine rings is 1. The Hall–Kier alpha value is -4.00. The number of benzene rings is 3. The molecule has 7 heteroatoms. The largest absolute Gasteiger partial charge is 0.331 e. The van der Waals surface area contributed by atoms with Crippen molar-refractivity contribution in [3.63, 3.8) is 0 Å². The van der Waals surface area contributed by atoms with Crippen molar-refractivity contribution >= 4 is 39.1 Å². The van der Waals surface area contributed by atoms with Gasteiger partial charge in [-0.15, -0.1) is 0 Å². The summed E-state index contributed by atoms with van der Waals surface area (Å²) in [5.41, 5.74) is 1.47. The molecule has 0 fully saturated rings. The number of amides is 1. The first-order valence-corrected chi connectivity index (χ1v) is 8.59. The quantitative estimate of drug-likeness (QED) is 0.335. The minimum Gasteiger partial charge on any atom is -0.331 e. The molecule has 0 saturated carbocycles. The Morgan fingerprint density at radius 2 is 1.54 bits per heavy atom. The Bertz CT molecular complexity index is 1230. The van der Waals surface area contributed by atoms with Gasteiger partial charge in [-0.1, -0.05) is 30.3 Å². The van der Waals surface area contributed by atoms with Crippen molar-refractivity contribution in [1.29, 1.82) is 0 Å². The van der Waals surface area contributed by atoms with Crippen molar-refractivity contribution in [3.8, 4) is 0 Å². The van der Waals surface area contributed by atoms with Gasteiger partial charge in [0.05, 0.1) is 16.0 Å². The number of anilines is 1. The van der Waals surface area contributed by atoms with E-state index in [9.17, 15) is 19.7 Å². The summed E-state index contributed by atoms with van der Waals surface area (Å²) >= 11 is 0. The number of nitrogens with zero attached hydrogens (tertiary/aromatic N) is 2. The zero-order chi connectivity index (χ0) is 19.7. The Labute approximate surface area is 159 Å². The fraction of sp³-hybridized carbons (Fsp3) is 0.0476. The minimum atomic E-state index is -0.515. The lowest BCUT2D eigenvalue weighted by atomic mass is 10.1. The van der Waals surface area contributed by atoms with Crippen LogP contribution in [0.3, 0.4) is 0 Å². The van der Waals surface area contributed by atoms with Gasteiger partial charge in [-0.25, -0.2) is 0 Å². The second kappa shape index (κ2) is 6.96. The van der Waals surface area contributed by atoms with Crippen molar-refractivity contribution in [2.45, 2.75) is 6.54 Å². The van der Waals surface area contributed by atoms with Crippen molar-refractivity contribution in [2.75, 3.05) is 5.32 Å². The third-order valence-corrected chi connectivity index (χ3v) is 4.52. The summed E-state index contributed by atoms with van der Waals surface area (Å²) in [7, 11) is 0. The number of para-hydroxylation sites is 2. The first-order valence-electron chi connectivity index (χ1n) is 8.59. The Morgan fingerprint density at radius 1 is 0.929 bits per heavy atom. The van der Waals surface area contributed by atoms with Gasteiger partial charge in [0.1, 0.15) is 6.54 Å². The molecule has 3 aromatic carbocycles. The summed E-state index contributed by atoms with van der Waals surface area (Å²) in [6.45, 7) is -0.0377. The Kier molecular flexibility index (Phi) is 4.33. The number of hydrogen-bond donors (Lipinski definition) is 1. The average molecular weight is 373 g/mol. The predicted octanol–water partition coefficient (Wildman–Crippen LogP) is 3.70. The van der Waals surface area contributed by atoms with Crippen molar-refractivity contribution in [1.82, 2.24) is 4.57 Å². The summed E-state index contributed by atoms with van der Waals surface area (Å²) < 4.78 is 1.78. The summed E-state index contributed by atoms with van der Waals surface area (Å²) in [6, 6.07) is 20.0. The highest BCUT2D eigenvalue weighted by atomic mass is 16.6. The highest BCUT2D eigenvalue weighted by Crippen LogP contribution is 2.20. The average Bonchev–Trinajstić information content (AvgIpc) is 2.71. The molecule has 1 heterocycles. The van der Waals surface area contributed by atoms with Crippen LogP contribution >= 0.6 is 0 Å². The molecule has 4 rings (SSSR count). The van der Waals surface area contributed by atoms with E-state index in [0.717, 1.165) is 0 Å². The second-order valence-corrected chi connectivity index (χ2v) is 6.31. The van der Waals surface area contributed by atoms with E-state index in [1.807, 2.05) is 12.1 Å². The standard InChI is InChI=1S/C21H15N3O4/c25-20(22-14-6-5-7-15(12-14)24(27)28)13-23-18-10-3-1-8-16(18)21(26)17-9-2-4-11-19(17)23/h1-12H,13H2,(H,22,25). The number of nitro groups is 1. The van der Waals surface area contributed by atoms with Gasteiger partial charge in [0, 0.05) is 28.6 Å². The van der Waals surface area contributed by atoms with E-state index in [-0.39, 0.29) is 23.6 Å². The van der Waals surface area contributed by atoms with E-state index in [4.69, 9.17) is 0 Å². The third kappa shape index (κ3) is 3.09. The van der Waals surface area contributed by atoms with Gasteiger partial charge in [-0.05, 0) is 30.3 Å². The maximum absolute atomic E-state index is 12.7. The van der Waals surface area contributed by atoms with Crippen molar-refractivity contribution in [3.05, 3.63) is 93.1 Å². The predicted molar refractivity (Wildman–Crippen MR) is 107 cm³/mol. The van der Waals surface area contributed by atoms with Crippen molar-refractivity contribution in [2.24, 2.45) is 0 Å². The molecule has 0 aliphatic heterocycles. The second-order valence-electron chi connectivity index (χ2n) is 6.31. The van der Waals surface area contributed by atoms with Crippen LogP contribution in [0, 0.1) is 10.1 Å². The zero-order valence-corrected chi connectivity index (χ0v) is 14.7. The first kappa shape index (κ1) is 17.4. The summed E-state index contributed by atoms with van der Waals surface area (Å²) in [5.74, 6) is -0.348. The van der Waals surface area contributed by atoms with Crippen LogP contribution in [0.2, 0.25) is 0 Å². The first-order chi connectivity index (χ1) is 13.5. The number of non-ortho nitro benzene ring substituents is 1. The van der Waals surface area contributed by atoms with Crippen LogP contribution in [0.4, 0.5) is 11.4 Å². The topological polar surface area (TPSA) is 94.2 Å². The zero-order valence-electron chi connectivity index (χ0n) is 14.7. The molecule has 0 unspecified atom stereocenters. The van der Waals surface area contributed by atoms with E-state index < -0.39 is 4.92 Å². The van der Waals surface area contributed by atoms with Crippen LogP contribution < -0.4 is 10.7 Å². The fourth-order valence-corrected chi connectivity index (χ4v) is 3.29. The Balaban J connectivity index is 1.76. The Morgan fingerprint density at radius 3 is 2.14 bits per heavy atom. The molecule has 4 aromatic rings. The van der Waals surface area contributed by atoms with E-state index in [0.29, 0.717) is 27.5 Å². The van der Waals surface area contributed by atoms with Gasteiger partial charge in [-0.3, -0.25) is 19.7 Å². The molecule has 0 radical (unpaired) electrons. The molecule has 7 nitrogen and oxygen atoms in total. The van der Waals surface area contributed by atoms with Gasteiger partial charge >= 0.3 is 0 Å². The normalized spacial score (nSPS) is 10.9. The molecule has 0 bridgehead atoms. The van der Waals surface area contributed by atoms with Crippen LogP contribution in [-0.2, 0) is 11.3 Å². The van der Waals surface area contributed by atoms with Crippen molar-refractivity contribution < 1.29 is 9.72 Å². The monoisotopic (exact) mass is 373 g/mol. The lowest BCUT2D eigenvalue weighted by Crippen LogP contribution is -2.21. The number of nitro benzene ring substituents is 1. The van der Waals surface area contributed by atoms with E-state index in [1.165, 1.54) is 18.2 Å². The van der Waals surface area contributed by atoms with Gasteiger partial charge in [0.15, 0.2) is 5.43 Å². The van der Waals surface area contributed by atoms with Crippen LogP contribution in [-0.4, -0.2) is 15.4 Å². The van der Waals surface area contributed by atoms with Crippen LogP contribution in [0.1, 0.15) is 0 Å². The highest BCUT2D eigenvalue weighted by molar-refractivity contribution is 5.97. The van der Waals surface area contributed by atoms with Gasteiger partial charge in [-0.2, -0.15) is 0 Å². The number of carbonyl (C=O) groups is 1. The third-order valence-electron chi connectivity index (χ3n) is 4.52. The van der Waals surface area contributed by atoms with Gasteiger partial charge in [0.25, 0.3) is 5.69 Å². The maximum Gasteiger partial charge on any atom is 0.271 e. The minimum absolute atomic E-state index is 0.0377. The molecule has 1 amide bonds. The van der Waals surface area contributed by atoms with Gasteiger partial charge < -0.3 is 9.88 Å². The number of hydrogen-bond acceptors (Lipinski definition) is 4. The SMILES string of the molecule is O=C(Cn1c2ccccc2c(=O)c2ccccc21)Nc1cccc([N+](=O)[O-])c1. The number of fused-ring (bicyclic) bond motifs is 2. The number of rotatable bonds is 4. The van der Waals surface area contributed by atoms with Crippen LogP contribution in [0.5, 0.6) is 0 Å². The number of nitrogens with one attached hydrogen (secondary N) is 1. The highest BCUT2D eigenvalue weighted by Gasteiger charge is 2.14. The lowest BCUT2D eigenvalue weighted by Gasteiger charge is -2.15. The van der Waals surface area contributed by atoms with Gasteiger partial charge in [0.2, 0.25) is 5.91 Å². The summed E-state index contributed by atoms with van der Waals surface area (Å²) in [5, 5.41) is 14.7. The van der Waals surface area contributed by atoms with Crippen LogP contribution in [0.25, 0.3) is 21.8 Å². The number of aromatic nitrogens is 1. The maximum atomic E-state index is 12.7. The smallest absolute Gasteiger partial charge is 0.271 e. The number of carbonyl (C=O) groups excluding carboxylic acids is 1. The molecule has 28 heavy (non-hydrogen) atoms. The molecular weight excluding hydrogens is 358 g/mol. The molecule has 0 saturated heterocycles. The van der Waals surface area contributed by atoms with E-state index in [1.54, 1.807) is 47.0 Å². The molecule has 0 aliphatic carbocycles. The summed E-state index contributed by atoms with van der Waals surface area (Å²) in [6.07, 6.45) is 0. The lowest BCUT2D eigenvalue weighted by molar-refractivity contribution is -0.384.